The van der Waals surface area contributed by atoms with Gasteiger partial charge >= 0.3 is 0 Å². The van der Waals surface area contributed by atoms with Gasteiger partial charge in [0.25, 0.3) is 0 Å². The van der Waals surface area contributed by atoms with Crippen LogP contribution >= 0.6 is 0 Å². The van der Waals surface area contributed by atoms with Crippen molar-refractivity contribution in [2.24, 2.45) is 34.6 Å². The molecule has 2 aliphatic rings. The summed E-state index contributed by atoms with van der Waals surface area (Å²) in [4.78, 5) is 14.4. The molecule has 0 radical (unpaired) electrons. The van der Waals surface area contributed by atoms with Crippen molar-refractivity contribution in [2.45, 2.75) is 39.5 Å². The quantitative estimate of drug-likeness (QED) is 0.332. The van der Waals surface area contributed by atoms with E-state index in [1.807, 2.05) is 4.90 Å². The number of amidine groups is 1. The van der Waals surface area contributed by atoms with Crippen LogP contribution < -0.4 is 5.73 Å². The topological polar surface area (TPSA) is 78.9 Å². The van der Waals surface area contributed by atoms with Crippen LogP contribution in [0.25, 0.3) is 0 Å². The highest BCUT2D eigenvalue weighted by Crippen LogP contribution is 2.58. The van der Waals surface area contributed by atoms with Gasteiger partial charge in [-0.25, -0.2) is 0 Å². The zero-order valence-electron chi connectivity index (χ0n) is 11.9. The van der Waals surface area contributed by atoms with Gasteiger partial charge in [0.2, 0.25) is 5.91 Å². The van der Waals surface area contributed by atoms with Crippen molar-refractivity contribution in [2.75, 3.05) is 13.1 Å². The summed E-state index contributed by atoms with van der Waals surface area (Å²) in [5, 5.41) is 11.6. The van der Waals surface area contributed by atoms with Crippen molar-refractivity contribution in [1.82, 2.24) is 4.90 Å². The van der Waals surface area contributed by atoms with E-state index in [1.165, 1.54) is 19.3 Å². The number of rotatable bonds is 6. The van der Waals surface area contributed by atoms with E-state index in [1.54, 1.807) is 0 Å². The van der Waals surface area contributed by atoms with Crippen LogP contribution in [0.2, 0.25) is 0 Å². The van der Waals surface area contributed by atoms with Crippen LogP contribution in [0.5, 0.6) is 0 Å². The third kappa shape index (κ3) is 3.19. The predicted octanol–water partition coefficient (Wildman–Crippen LogP) is 1.65. The fraction of sp³-hybridized carbons (Fsp3) is 0.857. The number of carbonyl (C=O) groups excluding carboxylic acids is 1. The molecule has 2 fully saturated rings. The minimum Gasteiger partial charge on any atom is -0.409 e. The lowest BCUT2D eigenvalue weighted by Crippen LogP contribution is -2.38. The molecule has 5 nitrogen and oxygen atoms in total. The van der Waals surface area contributed by atoms with E-state index in [0.29, 0.717) is 30.7 Å². The van der Waals surface area contributed by atoms with Gasteiger partial charge in [-0.2, -0.15) is 0 Å². The Balaban J connectivity index is 1.91. The van der Waals surface area contributed by atoms with Crippen molar-refractivity contribution >= 4 is 11.7 Å². The summed E-state index contributed by atoms with van der Waals surface area (Å²) in [5.74, 6) is 2.47. The molecule has 2 atom stereocenters. The average Bonchev–Trinajstić information content (AvgIpc) is 2.85. The lowest BCUT2D eigenvalue weighted by molar-refractivity contribution is -0.133. The summed E-state index contributed by atoms with van der Waals surface area (Å²) in [6.45, 7) is 5.53. The number of nitrogens with zero attached hydrogens (tertiary/aromatic N) is 2. The normalized spacial score (nSPS) is 29.4. The first-order valence-corrected chi connectivity index (χ1v) is 7.29. The molecule has 0 spiro atoms. The standard InChI is InChI=1S/C14H25N3O2/c1-9(2)8-17(7-6-12(15)16-19)14(18)13-10-4-3-5-11(10)13/h9-11,13,19H,3-8H2,1-2H3,(H2,15,16). The second kappa shape index (κ2) is 5.80. The van der Waals surface area contributed by atoms with Crippen LogP contribution in [-0.2, 0) is 4.79 Å². The molecule has 2 aliphatic carbocycles. The zero-order chi connectivity index (χ0) is 14.0. The van der Waals surface area contributed by atoms with Crippen LogP contribution in [-0.4, -0.2) is 34.9 Å². The minimum atomic E-state index is 0.192. The number of carbonyl (C=O) groups is 1. The van der Waals surface area contributed by atoms with E-state index in [0.717, 1.165) is 6.54 Å². The Morgan fingerprint density at radius 3 is 2.58 bits per heavy atom. The van der Waals surface area contributed by atoms with E-state index in [-0.39, 0.29) is 17.7 Å². The monoisotopic (exact) mass is 267 g/mol. The van der Waals surface area contributed by atoms with Gasteiger partial charge in [0.1, 0.15) is 5.84 Å². The Hall–Kier alpha value is -1.26. The van der Waals surface area contributed by atoms with Crippen molar-refractivity contribution in [3.05, 3.63) is 0 Å². The molecule has 108 valence electrons. The predicted molar refractivity (Wildman–Crippen MR) is 73.8 cm³/mol. The number of hydrogen-bond acceptors (Lipinski definition) is 3. The molecule has 0 saturated heterocycles. The third-order valence-corrected chi connectivity index (χ3v) is 4.36. The molecule has 5 heteroatoms. The third-order valence-electron chi connectivity index (χ3n) is 4.36. The number of fused-ring (bicyclic) bond motifs is 1. The molecule has 3 N–H and O–H groups in total. The van der Waals surface area contributed by atoms with Crippen LogP contribution in [0, 0.1) is 23.7 Å². The zero-order valence-corrected chi connectivity index (χ0v) is 11.9. The van der Waals surface area contributed by atoms with Crippen molar-refractivity contribution in [3.8, 4) is 0 Å². The maximum atomic E-state index is 12.5. The second-order valence-electron chi connectivity index (χ2n) is 6.30. The molecule has 0 aromatic heterocycles. The molecule has 1 amide bonds. The highest BCUT2D eigenvalue weighted by Gasteiger charge is 2.57. The number of nitrogens with two attached hydrogens (primary N) is 1. The largest absolute Gasteiger partial charge is 0.409 e. The van der Waals surface area contributed by atoms with E-state index in [4.69, 9.17) is 10.9 Å². The lowest BCUT2D eigenvalue weighted by atomic mass is 10.1. The summed E-state index contributed by atoms with van der Waals surface area (Å²) in [5.41, 5.74) is 5.50. The fourth-order valence-electron chi connectivity index (χ4n) is 3.43. The second-order valence-corrected chi connectivity index (χ2v) is 6.30. The van der Waals surface area contributed by atoms with Crippen molar-refractivity contribution in [1.29, 1.82) is 0 Å². The first-order chi connectivity index (χ1) is 9.04. The number of hydrogen-bond donors (Lipinski definition) is 2. The van der Waals surface area contributed by atoms with E-state index >= 15 is 0 Å². The SMILES string of the molecule is CC(C)CN(CCC(N)=NO)C(=O)C1C2CCCC21. The van der Waals surface area contributed by atoms with E-state index < -0.39 is 0 Å². The Labute approximate surface area is 114 Å². The van der Waals surface area contributed by atoms with Gasteiger partial charge in [-0.05, 0) is 30.6 Å². The highest BCUT2D eigenvalue weighted by molar-refractivity contribution is 5.84. The number of amides is 1. The molecular formula is C14H25N3O2. The van der Waals surface area contributed by atoms with Crippen LogP contribution in [0.15, 0.2) is 5.16 Å². The maximum Gasteiger partial charge on any atom is 0.226 e. The molecular weight excluding hydrogens is 242 g/mol. The summed E-state index contributed by atoms with van der Waals surface area (Å²) >= 11 is 0. The smallest absolute Gasteiger partial charge is 0.226 e. The van der Waals surface area contributed by atoms with Crippen LogP contribution in [0.1, 0.15) is 39.5 Å². The summed E-state index contributed by atoms with van der Waals surface area (Å²) in [6.07, 6.45) is 4.16. The number of oxime groups is 1. The van der Waals surface area contributed by atoms with Gasteiger partial charge in [0.05, 0.1) is 0 Å². The molecule has 0 heterocycles. The molecule has 2 saturated carbocycles. The molecule has 2 unspecified atom stereocenters. The van der Waals surface area contributed by atoms with Crippen LogP contribution in [0.4, 0.5) is 0 Å². The molecule has 19 heavy (non-hydrogen) atoms. The van der Waals surface area contributed by atoms with Gasteiger partial charge in [0, 0.05) is 25.4 Å². The Morgan fingerprint density at radius 1 is 1.42 bits per heavy atom. The summed E-state index contributed by atoms with van der Waals surface area (Å²) in [6, 6.07) is 0. The first-order valence-electron chi connectivity index (χ1n) is 7.29. The lowest BCUT2D eigenvalue weighted by Gasteiger charge is -2.25. The Kier molecular flexibility index (Phi) is 4.32. The van der Waals surface area contributed by atoms with E-state index in [9.17, 15) is 4.79 Å². The summed E-state index contributed by atoms with van der Waals surface area (Å²) in [7, 11) is 0. The van der Waals surface area contributed by atoms with Crippen molar-refractivity contribution < 1.29 is 10.0 Å². The van der Waals surface area contributed by atoms with Gasteiger partial charge in [-0.1, -0.05) is 25.4 Å². The van der Waals surface area contributed by atoms with Gasteiger partial charge in [-0.15, -0.1) is 0 Å². The fourth-order valence-corrected chi connectivity index (χ4v) is 3.43. The van der Waals surface area contributed by atoms with Gasteiger partial charge in [0.15, 0.2) is 0 Å². The highest BCUT2D eigenvalue weighted by atomic mass is 16.4. The minimum absolute atomic E-state index is 0.192. The summed E-state index contributed by atoms with van der Waals surface area (Å²) < 4.78 is 0. The van der Waals surface area contributed by atoms with Gasteiger partial charge < -0.3 is 15.8 Å². The molecule has 2 rings (SSSR count). The first kappa shape index (κ1) is 14.2. The van der Waals surface area contributed by atoms with E-state index in [2.05, 4.69) is 19.0 Å². The Morgan fingerprint density at radius 2 is 2.05 bits per heavy atom. The van der Waals surface area contributed by atoms with Crippen LogP contribution in [0.3, 0.4) is 0 Å². The molecule has 0 aliphatic heterocycles. The molecule has 0 aromatic carbocycles. The Bertz CT molecular complexity index is 358. The van der Waals surface area contributed by atoms with Gasteiger partial charge in [-0.3, -0.25) is 4.79 Å². The molecule has 0 aromatic rings. The maximum absolute atomic E-state index is 12.5. The van der Waals surface area contributed by atoms with Crippen molar-refractivity contribution in [3.63, 3.8) is 0 Å². The molecule has 0 bridgehead atoms. The average molecular weight is 267 g/mol.